The lowest BCUT2D eigenvalue weighted by molar-refractivity contribution is 0.122. The Morgan fingerprint density at radius 2 is 2.20 bits per heavy atom. The summed E-state index contributed by atoms with van der Waals surface area (Å²) in [6.45, 7) is 6.44. The monoisotopic (exact) mass is 231 g/mol. The summed E-state index contributed by atoms with van der Waals surface area (Å²) in [7, 11) is 0. The van der Waals surface area contributed by atoms with Crippen molar-refractivity contribution in [2.45, 2.75) is 33.4 Å². The Morgan fingerprint density at radius 1 is 1.47 bits per heavy atom. The minimum absolute atomic E-state index is 0.483. The standard InChI is InChI=1S/C10H18ClN3O/c1-3-8-10(11)9(7-15-6-5-12)14(4-2)13-8/h3-7,12H2,1-2H3. The Bertz CT molecular complexity index is 312. The molecule has 5 heteroatoms. The van der Waals surface area contributed by atoms with Crippen LogP contribution in [0.4, 0.5) is 0 Å². The van der Waals surface area contributed by atoms with Gasteiger partial charge < -0.3 is 10.5 Å². The second-order valence-corrected chi connectivity index (χ2v) is 3.60. The van der Waals surface area contributed by atoms with E-state index >= 15 is 0 Å². The lowest BCUT2D eigenvalue weighted by Gasteiger charge is -2.05. The van der Waals surface area contributed by atoms with Gasteiger partial charge in [-0.2, -0.15) is 5.10 Å². The number of hydrogen-bond donors (Lipinski definition) is 1. The molecule has 0 bridgehead atoms. The van der Waals surface area contributed by atoms with Crippen molar-refractivity contribution in [2.24, 2.45) is 5.73 Å². The average Bonchev–Trinajstić information content (AvgIpc) is 2.56. The number of ether oxygens (including phenoxy) is 1. The van der Waals surface area contributed by atoms with Gasteiger partial charge in [0.2, 0.25) is 0 Å². The largest absolute Gasteiger partial charge is 0.374 e. The topological polar surface area (TPSA) is 53.1 Å². The third kappa shape index (κ3) is 2.93. The normalized spacial score (nSPS) is 10.9. The van der Waals surface area contributed by atoms with E-state index in [1.807, 2.05) is 18.5 Å². The van der Waals surface area contributed by atoms with Crippen LogP contribution in [0.2, 0.25) is 5.02 Å². The van der Waals surface area contributed by atoms with Crippen LogP contribution >= 0.6 is 11.6 Å². The summed E-state index contributed by atoms with van der Waals surface area (Å²) in [6, 6.07) is 0. The van der Waals surface area contributed by atoms with Gasteiger partial charge in [-0.3, -0.25) is 4.68 Å². The van der Waals surface area contributed by atoms with Gasteiger partial charge >= 0.3 is 0 Å². The van der Waals surface area contributed by atoms with E-state index in [9.17, 15) is 0 Å². The van der Waals surface area contributed by atoms with Crippen molar-refractivity contribution < 1.29 is 4.74 Å². The molecule has 0 unspecified atom stereocenters. The van der Waals surface area contributed by atoms with Crippen molar-refractivity contribution in [3.63, 3.8) is 0 Å². The van der Waals surface area contributed by atoms with E-state index in [1.165, 1.54) is 0 Å². The van der Waals surface area contributed by atoms with Crippen LogP contribution in [0, 0.1) is 0 Å². The predicted molar refractivity (Wildman–Crippen MR) is 61.0 cm³/mol. The summed E-state index contributed by atoms with van der Waals surface area (Å²) in [6.07, 6.45) is 0.843. The van der Waals surface area contributed by atoms with Crippen LogP contribution in [0.25, 0.3) is 0 Å². The van der Waals surface area contributed by atoms with E-state index in [0.717, 1.165) is 29.4 Å². The van der Waals surface area contributed by atoms with Crippen LogP contribution in [0.15, 0.2) is 0 Å². The van der Waals surface area contributed by atoms with Crippen molar-refractivity contribution in [3.05, 3.63) is 16.4 Å². The van der Waals surface area contributed by atoms with Crippen molar-refractivity contribution >= 4 is 11.6 Å². The van der Waals surface area contributed by atoms with Gasteiger partial charge in [0.1, 0.15) is 0 Å². The maximum atomic E-state index is 6.19. The molecule has 4 nitrogen and oxygen atoms in total. The lowest BCUT2D eigenvalue weighted by Crippen LogP contribution is -2.10. The maximum absolute atomic E-state index is 6.19. The molecule has 1 aromatic heterocycles. The van der Waals surface area contributed by atoms with E-state index in [4.69, 9.17) is 22.1 Å². The number of nitrogens with two attached hydrogens (primary N) is 1. The highest BCUT2D eigenvalue weighted by Crippen LogP contribution is 2.22. The van der Waals surface area contributed by atoms with Gasteiger partial charge in [0, 0.05) is 13.1 Å². The molecule has 0 radical (unpaired) electrons. The van der Waals surface area contributed by atoms with Crippen LogP contribution in [0.3, 0.4) is 0 Å². The predicted octanol–water partition coefficient (Wildman–Crippen LogP) is 1.59. The first-order valence-electron chi connectivity index (χ1n) is 5.26. The quantitative estimate of drug-likeness (QED) is 0.757. The Labute approximate surface area is 95.3 Å². The highest BCUT2D eigenvalue weighted by Gasteiger charge is 2.13. The van der Waals surface area contributed by atoms with E-state index < -0.39 is 0 Å². The molecule has 1 rings (SSSR count). The molecular weight excluding hydrogens is 214 g/mol. The molecular formula is C10H18ClN3O. The molecule has 0 atom stereocenters. The van der Waals surface area contributed by atoms with Crippen LogP contribution < -0.4 is 5.73 Å². The summed E-state index contributed by atoms with van der Waals surface area (Å²) in [5.74, 6) is 0. The van der Waals surface area contributed by atoms with Crippen molar-refractivity contribution in [3.8, 4) is 0 Å². The Morgan fingerprint density at radius 3 is 2.73 bits per heavy atom. The van der Waals surface area contributed by atoms with Gasteiger partial charge in [0.25, 0.3) is 0 Å². The summed E-state index contributed by atoms with van der Waals surface area (Å²) in [5, 5.41) is 5.13. The fourth-order valence-electron chi connectivity index (χ4n) is 1.41. The Hall–Kier alpha value is -0.580. The highest BCUT2D eigenvalue weighted by atomic mass is 35.5. The summed E-state index contributed by atoms with van der Waals surface area (Å²) in [5.41, 5.74) is 7.24. The molecule has 0 saturated heterocycles. The summed E-state index contributed by atoms with van der Waals surface area (Å²) >= 11 is 6.19. The van der Waals surface area contributed by atoms with Crippen LogP contribution in [0.5, 0.6) is 0 Å². The first-order chi connectivity index (χ1) is 7.24. The second kappa shape index (κ2) is 6.10. The molecule has 1 aromatic rings. The van der Waals surface area contributed by atoms with Gasteiger partial charge in [-0.1, -0.05) is 18.5 Å². The molecule has 0 aromatic carbocycles. The molecule has 86 valence electrons. The van der Waals surface area contributed by atoms with Gasteiger partial charge in [-0.25, -0.2) is 0 Å². The lowest BCUT2D eigenvalue weighted by atomic mass is 10.3. The maximum Gasteiger partial charge on any atom is 0.0900 e. The number of halogens is 1. The minimum atomic E-state index is 0.483. The highest BCUT2D eigenvalue weighted by molar-refractivity contribution is 6.31. The van der Waals surface area contributed by atoms with E-state index in [-0.39, 0.29) is 0 Å². The average molecular weight is 232 g/mol. The molecule has 0 aliphatic heterocycles. The summed E-state index contributed by atoms with van der Waals surface area (Å²) in [4.78, 5) is 0. The molecule has 0 fully saturated rings. The Kier molecular flexibility index (Phi) is 5.08. The molecule has 0 amide bonds. The number of aromatic nitrogens is 2. The third-order valence-corrected chi connectivity index (χ3v) is 2.63. The molecule has 0 aliphatic carbocycles. The molecule has 0 saturated carbocycles. The fraction of sp³-hybridized carbons (Fsp3) is 0.700. The molecule has 1 heterocycles. The molecule has 15 heavy (non-hydrogen) atoms. The van der Waals surface area contributed by atoms with Crippen LogP contribution in [0.1, 0.15) is 25.2 Å². The van der Waals surface area contributed by atoms with Gasteiger partial charge in [0.05, 0.1) is 29.6 Å². The number of nitrogens with zero attached hydrogens (tertiary/aromatic N) is 2. The van der Waals surface area contributed by atoms with Crippen molar-refractivity contribution in [1.29, 1.82) is 0 Å². The zero-order valence-electron chi connectivity index (χ0n) is 9.29. The number of hydrogen-bond acceptors (Lipinski definition) is 3. The zero-order valence-corrected chi connectivity index (χ0v) is 10.0. The third-order valence-electron chi connectivity index (χ3n) is 2.20. The zero-order chi connectivity index (χ0) is 11.3. The minimum Gasteiger partial charge on any atom is -0.374 e. The summed E-state index contributed by atoms with van der Waals surface area (Å²) < 4.78 is 7.27. The molecule has 0 aliphatic rings. The second-order valence-electron chi connectivity index (χ2n) is 3.22. The van der Waals surface area contributed by atoms with Crippen LogP contribution in [-0.4, -0.2) is 22.9 Å². The number of aryl methyl sites for hydroxylation is 2. The Balaban J connectivity index is 2.78. The fourth-order valence-corrected chi connectivity index (χ4v) is 1.73. The van der Waals surface area contributed by atoms with Crippen molar-refractivity contribution in [1.82, 2.24) is 9.78 Å². The molecule has 2 N–H and O–H groups in total. The first-order valence-corrected chi connectivity index (χ1v) is 5.64. The number of rotatable bonds is 6. The SMILES string of the molecule is CCc1nn(CC)c(COCCN)c1Cl. The van der Waals surface area contributed by atoms with Gasteiger partial charge in [-0.05, 0) is 13.3 Å². The smallest absolute Gasteiger partial charge is 0.0900 e. The van der Waals surface area contributed by atoms with E-state index in [0.29, 0.717) is 19.8 Å². The van der Waals surface area contributed by atoms with Gasteiger partial charge in [0.15, 0.2) is 0 Å². The van der Waals surface area contributed by atoms with E-state index in [1.54, 1.807) is 0 Å². The van der Waals surface area contributed by atoms with Gasteiger partial charge in [-0.15, -0.1) is 0 Å². The first kappa shape index (κ1) is 12.5. The van der Waals surface area contributed by atoms with E-state index in [2.05, 4.69) is 5.10 Å². The van der Waals surface area contributed by atoms with Crippen LogP contribution in [-0.2, 0) is 24.3 Å². The van der Waals surface area contributed by atoms with Crippen molar-refractivity contribution in [2.75, 3.05) is 13.2 Å². The molecule has 0 spiro atoms.